The lowest BCUT2D eigenvalue weighted by molar-refractivity contribution is 0.399. The van der Waals surface area contributed by atoms with Crippen LogP contribution in [0.25, 0.3) is 43.4 Å². The van der Waals surface area contributed by atoms with Gasteiger partial charge in [-0.3, -0.25) is 0 Å². The van der Waals surface area contributed by atoms with Gasteiger partial charge >= 0.3 is 0 Å². The largest absolute Gasteiger partial charge is 0.507 e. The molecule has 0 spiro atoms. The van der Waals surface area contributed by atoms with E-state index in [2.05, 4.69) is 69.2 Å². The summed E-state index contributed by atoms with van der Waals surface area (Å²) < 4.78 is 11.2. The molecule has 0 fully saturated rings. The van der Waals surface area contributed by atoms with Crippen LogP contribution in [0, 0.1) is 0 Å². The fourth-order valence-electron chi connectivity index (χ4n) is 4.42. The fourth-order valence-corrected chi connectivity index (χ4v) is 4.82. The molecule has 0 heterocycles. The van der Waals surface area contributed by atoms with Crippen molar-refractivity contribution in [3.63, 3.8) is 0 Å². The molecule has 6 aromatic rings. The number of benzene rings is 6. The summed E-state index contributed by atoms with van der Waals surface area (Å²) in [6.07, 6.45) is 1.25. The van der Waals surface area contributed by atoms with E-state index in [9.17, 15) is 5.11 Å². The van der Waals surface area contributed by atoms with Crippen LogP contribution in [0.2, 0.25) is 0 Å². The van der Waals surface area contributed by atoms with Crippen molar-refractivity contribution in [1.29, 1.82) is 0 Å². The summed E-state index contributed by atoms with van der Waals surface area (Å²) in [6.45, 7) is 8.25. The molecular weight excluding hydrogens is 558 g/mol. The molecule has 0 aromatic heterocycles. The molecule has 42 heavy (non-hydrogen) atoms. The minimum Gasteiger partial charge on any atom is -0.507 e. The zero-order valence-electron chi connectivity index (χ0n) is 25.0. The van der Waals surface area contributed by atoms with E-state index in [1.807, 2.05) is 86.6 Å². The molecule has 2 unspecified atom stereocenters. The lowest BCUT2D eigenvalue weighted by Crippen LogP contribution is -1.90. The molecule has 0 saturated heterocycles. The van der Waals surface area contributed by atoms with Crippen molar-refractivity contribution < 1.29 is 19.3 Å². The first-order chi connectivity index (χ1) is 20.6. The number of aliphatic hydroxyl groups is 1. The van der Waals surface area contributed by atoms with Crippen LogP contribution in [0.4, 0.5) is 0 Å². The number of hydrogen-bond donors (Lipinski definition) is 2. The van der Waals surface area contributed by atoms with Crippen molar-refractivity contribution in [3.8, 4) is 28.4 Å². The Labute approximate surface area is 254 Å². The highest BCUT2D eigenvalue weighted by Gasteiger charge is 2.18. The van der Waals surface area contributed by atoms with Gasteiger partial charge in [0.2, 0.25) is 0 Å². The Kier molecular flexibility index (Phi) is 15.4. The van der Waals surface area contributed by atoms with Gasteiger partial charge in [0.25, 0.3) is 0 Å². The summed E-state index contributed by atoms with van der Waals surface area (Å²) in [6, 6.07) is 38.1. The van der Waals surface area contributed by atoms with E-state index in [0.29, 0.717) is 5.75 Å². The SMILES string of the molecule is CC.CCC.CO.Oc1cccc2ccccc12.POc1ccc2ccccc2c1-c1c(OP)ccc2ccccc12. The first-order valence-corrected chi connectivity index (χ1v) is 15.0. The Hall–Kier alpha value is -3.68. The minimum atomic E-state index is 0.350. The average Bonchev–Trinajstić information content (AvgIpc) is 3.06. The standard InChI is InChI=1S/C20H16O2P2.C10H8O.C3H8.C2H6.CH4O/c23-21-17-11-9-13-5-1-3-7-15(13)19(17)20-16-8-4-2-6-14(16)10-12-18(20)22-24;11-10-7-3-5-8-4-1-2-6-9(8)10;1-3-2;2*1-2/h1-12H,23-24H2;1-7,11H;3H2,1-2H3;1-2H3;2H,1H3. The summed E-state index contributed by atoms with van der Waals surface area (Å²) in [5.41, 5.74) is 2.08. The van der Waals surface area contributed by atoms with Gasteiger partial charge in [0.1, 0.15) is 17.2 Å². The van der Waals surface area contributed by atoms with Crippen molar-refractivity contribution in [2.45, 2.75) is 34.1 Å². The number of aromatic hydroxyl groups is 1. The predicted octanol–water partition coefficient (Wildman–Crippen LogP) is 10.6. The molecule has 0 aliphatic rings. The third kappa shape index (κ3) is 8.43. The van der Waals surface area contributed by atoms with Gasteiger partial charge in [-0.25, -0.2) is 0 Å². The maximum absolute atomic E-state index is 9.37. The van der Waals surface area contributed by atoms with E-state index >= 15 is 0 Å². The Morgan fingerprint density at radius 3 is 1.21 bits per heavy atom. The van der Waals surface area contributed by atoms with Crippen LogP contribution < -0.4 is 9.05 Å². The number of phenolic OH excluding ortho intramolecular Hbond substituents is 1. The van der Waals surface area contributed by atoms with E-state index in [1.165, 1.54) is 17.2 Å². The molecule has 220 valence electrons. The summed E-state index contributed by atoms with van der Waals surface area (Å²) >= 11 is 0. The lowest BCUT2D eigenvalue weighted by Gasteiger charge is -2.17. The van der Waals surface area contributed by atoms with Crippen molar-refractivity contribution in [2.24, 2.45) is 0 Å². The molecule has 0 radical (unpaired) electrons. The first kappa shape index (κ1) is 34.5. The van der Waals surface area contributed by atoms with Crippen molar-refractivity contribution >= 4 is 51.3 Å². The van der Waals surface area contributed by atoms with Gasteiger partial charge in [-0.15, -0.1) is 0 Å². The normalized spacial score (nSPS) is 9.62. The number of phenols is 1. The predicted molar refractivity (Wildman–Crippen MR) is 189 cm³/mol. The minimum absolute atomic E-state index is 0.350. The van der Waals surface area contributed by atoms with Crippen LogP contribution in [0.5, 0.6) is 17.2 Å². The van der Waals surface area contributed by atoms with Gasteiger partial charge in [-0.2, -0.15) is 0 Å². The van der Waals surface area contributed by atoms with E-state index < -0.39 is 0 Å². The topological polar surface area (TPSA) is 58.9 Å². The van der Waals surface area contributed by atoms with Crippen LogP contribution in [0.3, 0.4) is 0 Å². The molecular formula is C36H42O4P2. The highest BCUT2D eigenvalue weighted by molar-refractivity contribution is 7.10. The van der Waals surface area contributed by atoms with E-state index in [4.69, 9.17) is 14.2 Å². The number of fused-ring (bicyclic) bond motifs is 3. The van der Waals surface area contributed by atoms with Gasteiger partial charge < -0.3 is 19.3 Å². The molecule has 2 N–H and O–H groups in total. The van der Waals surface area contributed by atoms with Crippen LogP contribution in [-0.4, -0.2) is 17.3 Å². The van der Waals surface area contributed by atoms with Gasteiger partial charge in [-0.05, 0) is 45.1 Å². The average molecular weight is 601 g/mol. The number of hydrogen-bond acceptors (Lipinski definition) is 4. The smallest absolute Gasteiger partial charge is 0.131 e. The summed E-state index contributed by atoms with van der Waals surface area (Å²) in [4.78, 5) is 0. The van der Waals surface area contributed by atoms with Crippen molar-refractivity contribution in [1.82, 2.24) is 0 Å². The molecule has 2 atom stereocenters. The summed E-state index contributed by atoms with van der Waals surface area (Å²) in [7, 11) is 5.70. The molecule has 0 bridgehead atoms. The maximum atomic E-state index is 9.37. The van der Waals surface area contributed by atoms with Gasteiger partial charge in [0, 0.05) is 23.6 Å². The Morgan fingerprint density at radius 2 is 0.833 bits per heavy atom. The van der Waals surface area contributed by atoms with Crippen LogP contribution in [-0.2, 0) is 0 Å². The zero-order chi connectivity index (χ0) is 30.9. The third-order valence-corrected chi connectivity index (χ3v) is 6.56. The zero-order valence-corrected chi connectivity index (χ0v) is 27.4. The van der Waals surface area contributed by atoms with E-state index in [-0.39, 0.29) is 0 Å². The lowest BCUT2D eigenvalue weighted by atomic mass is 9.92. The Balaban J connectivity index is 0.000000285. The summed E-state index contributed by atoms with van der Waals surface area (Å²) in [5.74, 6) is 1.96. The highest BCUT2D eigenvalue weighted by Crippen LogP contribution is 2.46. The second-order valence-corrected chi connectivity index (χ2v) is 9.23. The summed E-state index contributed by atoms with van der Waals surface area (Å²) in [5, 5.41) is 23.0. The van der Waals surface area contributed by atoms with Crippen molar-refractivity contribution in [3.05, 3.63) is 115 Å². The second kappa shape index (κ2) is 18.7. The van der Waals surface area contributed by atoms with Gasteiger partial charge in [0.15, 0.2) is 0 Å². The van der Waals surface area contributed by atoms with Crippen LogP contribution >= 0.6 is 18.9 Å². The maximum Gasteiger partial charge on any atom is 0.131 e. The van der Waals surface area contributed by atoms with Crippen molar-refractivity contribution in [2.75, 3.05) is 7.11 Å². The molecule has 0 amide bonds. The van der Waals surface area contributed by atoms with Crippen LogP contribution in [0.15, 0.2) is 115 Å². The highest BCUT2D eigenvalue weighted by atomic mass is 31.0. The fraction of sp³-hybridized carbons (Fsp3) is 0.167. The molecule has 4 nitrogen and oxygen atoms in total. The van der Waals surface area contributed by atoms with E-state index in [1.54, 1.807) is 6.07 Å². The van der Waals surface area contributed by atoms with E-state index in [0.717, 1.165) is 51.3 Å². The molecule has 0 aliphatic heterocycles. The second-order valence-electron chi connectivity index (χ2n) is 8.76. The van der Waals surface area contributed by atoms with Gasteiger partial charge in [-0.1, -0.05) is 131 Å². The molecule has 0 aliphatic carbocycles. The first-order valence-electron chi connectivity index (χ1n) is 14.0. The molecule has 6 rings (SSSR count). The number of aliphatic hydroxyl groups excluding tert-OH is 1. The molecule has 6 aromatic carbocycles. The molecule has 6 heteroatoms. The monoisotopic (exact) mass is 600 g/mol. The quantitative estimate of drug-likeness (QED) is 0.198. The van der Waals surface area contributed by atoms with Gasteiger partial charge in [0.05, 0.1) is 18.9 Å². The molecule has 0 saturated carbocycles. The Morgan fingerprint density at radius 1 is 0.500 bits per heavy atom. The third-order valence-electron chi connectivity index (χ3n) is 6.05. The number of rotatable bonds is 3. The Bertz CT molecular complexity index is 1580. The van der Waals surface area contributed by atoms with Crippen LogP contribution in [0.1, 0.15) is 34.1 Å².